The van der Waals surface area contributed by atoms with Crippen molar-refractivity contribution in [1.82, 2.24) is 10.2 Å². The molecule has 2 amide bonds. The summed E-state index contributed by atoms with van der Waals surface area (Å²) in [5, 5.41) is 12.8. The van der Waals surface area contributed by atoms with Crippen molar-refractivity contribution in [3.05, 3.63) is 11.1 Å². The van der Waals surface area contributed by atoms with Crippen LogP contribution in [0.15, 0.2) is 11.1 Å². The summed E-state index contributed by atoms with van der Waals surface area (Å²) in [6.07, 6.45) is 6.27. The van der Waals surface area contributed by atoms with Crippen molar-refractivity contribution in [3.8, 4) is 0 Å². The van der Waals surface area contributed by atoms with E-state index >= 15 is 0 Å². The number of carbonyl (C=O) groups excluding carboxylic acids is 3. The number of alkyl halides is 2. The second-order valence-corrected chi connectivity index (χ2v) is 19.4. The molecule has 3 unspecified atom stereocenters. The molecule has 1 aliphatic heterocycles. The Balaban J connectivity index is 1.31. The number of carbonyl (C=O) groups is 4. The van der Waals surface area contributed by atoms with Gasteiger partial charge in [0.2, 0.25) is 0 Å². The van der Waals surface area contributed by atoms with Crippen molar-refractivity contribution in [1.29, 1.82) is 0 Å². The minimum atomic E-state index is -2.89. The fraction of sp³-hybridized carbons (Fsp3) is 0.850. The van der Waals surface area contributed by atoms with Gasteiger partial charge in [0.15, 0.2) is 0 Å². The number of nitrogens with one attached hydrogen (secondary N) is 1. The number of esters is 1. The first-order valence-corrected chi connectivity index (χ1v) is 19.1. The average Bonchev–Trinajstić information content (AvgIpc) is 3.50. The number of aliphatic carboxylic acids is 1. The highest BCUT2D eigenvalue weighted by molar-refractivity contribution is 5.92. The lowest BCUT2D eigenvalue weighted by Gasteiger charge is -2.70. The summed E-state index contributed by atoms with van der Waals surface area (Å²) in [5.74, 6) is -3.76. The van der Waals surface area contributed by atoms with Crippen LogP contribution in [-0.4, -0.2) is 64.4 Å². The summed E-state index contributed by atoms with van der Waals surface area (Å²) in [6.45, 7) is 18.5. The Morgan fingerprint density at radius 1 is 0.980 bits per heavy atom. The molecule has 1 saturated heterocycles. The number of carboxylic acid groups (broad SMARTS) is 1. The zero-order valence-corrected chi connectivity index (χ0v) is 31.8. The van der Waals surface area contributed by atoms with Crippen LogP contribution in [0.3, 0.4) is 0 Å². The number of allylic oxidation sites excluding steroid dienone is 1. The summed E-state index contributed by atoms with van der Waals surface area (Å²) in [5.41, 5.74) is -0.183. The number of ether oxygens (including phenoxy) is 1. The molecule has 10 heteroatoms. The highest BCUT2D eigenvalue weighted by Crippen LogP contribution is 2.75. The third-order valence-corrected chi connectivity index (χ3v) is 15.5. The van der Waals surface area contributed by atoms with E-state index < -0.39 is 41.4 Å². The van der Waals surface area contributed by atoms with Gasteiger partial charge in [-0.05, 0) is 105 Å². The number of ketones is 1. The Labute approximate surface area is 296 Å². The summed E-state index contributed by atoms with van der Waals surface area (Å²) < 4.78 is 34.4. The van der Waals surface area contributed by atoms with Gasteiger partial charge < -0.3 is 20.1 Å². The number of rotatable bonds is 6. The molecule has 2 N–H and O–H groups in total. The van der Waals surface area contributed by atoms with Gasteiger partial charge >= 0.3 is 18.0 Å². The van der Waals surface area contributed by atoms with Crippen molar-refractivity contribution in [2.45, 2.75) is 151 Å². The van der Waals surface area contributed by atoms with E-state index in [1.165, 1.54) is 10.5 Å². The number of halogens is 2. The zero-order valence-electron chi connectivity index (χ0n) is 31.8. The first kappa shape index (κ1) is 37.2. The van der Waals surface area contributed by atoms with Crippen molar-refractivity contribution in [2.24, 2.45) is 50.7 Å². The molecule has 6 aliphatic rings. The summed E-state index contributed by atoms with van der Waals surface area (Å²) >= 11 is 0. The lowest BCUT2D eigenvalue weighted by Crippen LogP contribution is -2.65. The predicted molar refractivity (Wildman–Crippen MR) is 185 cm³/mol. The maximum absolute atomic E-state index is 14.1. The smallest absolute Gasteiger partial charge is 0.318 e. The second kappa shape index (κ2) is 11.7. The Kier molecular flexibility index (Phi) is 8.75. The first-order valence-electron chi connectivity index (χ1n) is 19.1. The number of carboxylic acids is 1. The number of hydrogen-bond donors (Lipinski definition) is 2. The number of likely N-dealkylation sites (tertiary alicyclic amines) is 1. The van der Waals surface area contributed by atoms with Crippen LogP contribution in [0.5, 0.6) is 0 Å². The van der Waals surface area contributed by atoms with E-state index in [-0.39, 0.29) is 71.2 Å². The van der Waals surface area contributed by atoms with Crippen LogP contribution in [0.25, 0.3) is 0 Å². The SMILES string of the molecule is CC(C)C1C(=O)C[C@]2(NC(=O)N3CCC(F)(F)C3)CC[C@]3(C)C(=C12)CCC1[C@@]2(C)CC[C@H](OC(=O)CC(C)(C)C(=O)O)C(C)(C)C2CC[C@]13C. The summed E-state index contributed by atoms with van der Waals surface area (Å²) in [4.78, 5) is 53.4. The Hall–Kier alpha value is -2.52. The van der Waals surface area contributed by atoms with E-state index in [4.69, 9.17) is 4.74 Å². The van der Waals surface area contributed by atoms with Gasteiger partial charge in [-0.2, -0.15) is 0 Å². The molecular formula is C40H60F2N2O6. The molecule has 0 aromatic heterocycles. The molecule has 0 aromatic carbocycles. The van der Waals surface area contributed by atoms with Gasteiger partial charge in [0.1, 0.15) is 11.9 Å². The molecule has 280 valence electrons. The van der Waals surface area contributed by atoms with Gasteiger partial charge in [-0.15, -0.1) is 0 Å². The maximum atomic E-state index is 14.1. The van der Waals surface area contributed by atoms with E-state index in [0.717, 1.165) is 50.5 Å². The topological polar surface area (TPSA) is 113 Å². The zero-order chi connectivity index (χ0) is 37.0. The van der Waals surface area contributed by atoms with Gasteiger partial charge in [0.05, 0.1) is 23.9 Å². The molecular weight excluding hydrogens is 642 g/mol. The quantitative estimate of drug-likeness (QED) is 0.213. The molecule has 6 rings (SSSR count). The Bertz CT molecular complexity index is 1500. The van der Waals surface area contributed by atoms with E-state index in [9.17, 15) is 33.1 Å². The van der Waals surface area contributed by atoms with Crippen LogP contribution in [0.4, 0.5) is 13.6 Å². The van der Waals surface area contributed by atoms with Gasteiger partial charge in [-0.25, -0.2) is 13.6 Å². The highest BCUT2D eigenvalue weighted by atomic mass is 19.3. The number of hydrogen-bond acceptors (Lipinski definition) is 5. The maximum Gasteiger partial charge on any atom is 0.318 e. The largest absolute Gasteiger partial charge is 0.481 e. The summed E-state index contributed by atoms with van der Waals surface area (Å²) in [7, 11) is 0. The number of Topliss-reactive ketones (excluding diaryl/α,β-unsaturated/α-hetero) is 1. The number of amides is 2. The van der Waals surface area contributed by atoms with Crippen molar-refractivity contribution in [2.75, 3.05) is 13.1 Å². The van der Waals surface area contributed by atoms with Gasteiger partial charge in [-0.3, -0.25) is 14.4 Å². The van der Waals surface area contributed by atoms with Crippen LogP contribution in [-0.2, 0) is 19.1 Å². The van der Waals surface area contributed by atoms with Crippen molar-refractivity contribution >= 4 is 23.8 Å². The lowest BCUT2D eigenvalue weighted by atomic mass is 9.34. The minimum absolute atomic E-state index is 0.00831. The number of fused-ring (bicyclic) bond motifs is 6. The highest BCUT2D eigenvalue weighted by Gasteiger charge is 2.69. The molecule has 0 spiro atoms. The minimum Gasteiger partial charge on any atom is -0.481 e. The molecule has 50 heavy (non-hydrogen) atoms. The predicted octanol–water partition coefficient (Wildman–Crippen LogP) is 8.18. The average molecular weight is 703 g/mol. The van der Waals surface area contributed by atoms with Gasteiger partial charge in [0, 0.05) is 30.7 Å². The van der Waals surface area contributed by atoms with Crippen LogP contribution in [0.1, 0.15) is 133 Å². The molecule has 0 radical (unpaired) electrons. The molecule has 8 nitrogen and oxygen atoms in total. The van der Waals surface area contributed by atoms with Gasteiger partial charge in [0.25, 0.3) is 5.92 Å². The first-order chi connectivity index (χ1) is 22.9. The van der Waals surface area contributed by atoms with Crippen LogP contribution in [0, 0.1) is 50.7 Å². The van der Waals surface area contributed by atoms with E-state index in [2.05, 4.69) is 53.8 Å². The molecule has 5 aliphatic carbocycles. The standard InChI is InChI=1S/C40H60F2N2O6/c1-23(2)30-25(45)20-39(43-33(49)44-19-18-40(41,42)22-44)17-16-37(8)24(31(30)39)10-11-27-36(7)14-13-28(50-29(46)21-34(3,4)32(47)48)35(5,6)26(36)12-15-38(27,37)9/h23,26-28,30H,10-22H2,1-9H3,(H,43,49)(H,47,48)/t26?,27?,28-,30?,36-,37+,38+,39+/m0/s1. The second-order valence-electron chi connectivity index (χ2n) is 19.4. The van der Waals surface area contributed by atoms with Crippen LogP contribution >= 0.6 is 0 Å². The van der Waals surface area contributed by atoms with E-state index in [0.29, 0.717) is 18.3 Å². The van der Waals surface area contributed by atoms with E-state index in [1.54, 1.807) is 13.8 Å². The lowest BCUT2D eigenvalue weighted by molar-refractivity contribution is -0.214. The Morgan fingerprint density at radius 2 is 1.66 bits per heavy atom. The van der Waals surface area contributed by atoms with Crippen LogP contribution in [0.2, 0.25) is 0 Å². The molecule has 4 saturated carbocycles. The molecule has 8 atom stereocenters. The molecule has 1 heterocycles. The number of urea groups is 1. The number of nitrogens with zero attached hydrogens (tertiary/aromatic N) is 1. The van der Waals surface area contributed by atoms with E-state index in [1.807, 2.05) is 0 Å². The molecule has 0 aromatic rings. The third-order valence-electron chi connectivity index (χ3n) is 15.5. The van der Waals surface area contributed by atoms with Crippen molar-refractivity contribution < 1.29 is 37.8 Å². The van der Waals surface area contributed by atoms with Gasteiger partial charge in [-0.1, -0.05) is 54.0 Å². The fourth-order valence-electron chi connectivity index (χ4n) is 12.7. The summed E-state index contributed by atoms with van der Waals surface area (Å²) in [6, 6.07) is -0.486. The fourth-order valence-corrected chi connectivity index (χ4v) is 12.7. The van der Waals surface area contributed by atoms with Crippen molar-refractivity contribution in [3.63, 3.8) is 0 Å². The molecule has 5 fully saturated rings. The third kappa shape index (κ3) is 5.45. The van der Waals surface area contributed by atoms with Crippen LogP contribution < -0.4 is 5.32 Å². The monoisotopic (exact) mass is 702 g/mol. The molecule has 0 bridgehead atoms. The normalized spacial score (nSPS) is 40.5. The Morgan fingerprint density at radius 3 is 2.26 bits per heavy atom.